The molecule has 0 unspecified atom stereocenters. The van der Waals surface area contributed by atoms with E-state index >= 15 is 0 Å². The van der Waals surface area contributed by atoms with Gasteiger partial charge >= 0.3 is 6.18 Å². The molecular weight excluding hydrogens is 399 g/mol. The van der Waals surface area contributed by atoms with Crippen molar-refractivity contribution in [3.8, 4) is 5.75 Å². The second-order valence-electron chi connectivity index (χ2n) is 4.49. The minimum atomic E-state index is -4.46. The molecule has 0 aliphatic carbocycles. The lowest BCUT2D eigenvalue weighted by Crippen LogP contribution is -2.20. The van der Waals surface area contributed by atoms with Gasteiger partial charge < -0.3 is 10.1 Å². The summed E-state index contributed by atoms with van der Waals surface area (Å²) >= 11 is 9.11. The quantitative estimate of drug-likeness (QED) is 0.761. The molecule has 0 saturated carbocycles. The monoisotopic (exact) mass is 407 g/mol. The third-order valence-electron chi connectivity index (χ3n) is 2.73. The Balaban J connectivity index is 1.95. The van der Waals surface area contributed by atoms with Crippen LogP contribution < -0.4 is 10.1 Å². The molecule has 8 heteroatoms. The fourth-order valence-corrected chi connectivity index (χ4v) is 2.11. The van der Waals surface area contributed by atoms with Gasteiger partial charge in [0.05, 0.1) is 10.6 Å². The smallest absolute Gasteiger partial charge is 0.416 e. The SMILES string of the molecule is O=C(COc1cccc(C(F)(F)F)c1)Nc1ccc(Br)c(Cl)c1. The number of carbonyl (C=O) groups excluding carboxylic acids is 1. The van der Waals surface area contributed by atoms with Gasteiger partial charge in [-0.15, -0.1) is 0 Å². The van der Waals surface area contributed by atoms with E-state index in [-0.39, 0.29) is 5.75 Å². The number of halogens is 5. The summed E-state index contributed by atoms with van der Waals surface area (Å²) in [5, 5.41) is 2.95. The highest BCUT2D eigenvalue weighted by Crippen LogP contribution is 2.31. The molecule has 122 valence electrons. The van der Waals surface area contributed by atoms with Crippen LogP contribution >= 0.6 is 27.5 Å². The van der Waals surface area contributed by atoms with E-state index in [1.54, 1.807) is 12.1 Å². The molecule has 0 heterocycles. The molecule has 2 rings (SSSR count). The first-order valence-corrected chi connectivity index (χ1v) is 7.48. The van der Waals surface area contributed by atoms with Crippen LogP contribution in [0.1, 0.15) is 5.56 Å². The number of anilines is 1. The highest BCUT2D eigenvalue weighted by atomic mass is 79.9. The Morgan fingerprint density at radius 3 is 2.61 bits per heavy atom. The number of amides is 1. The van der Waals surface area contributed by atoms with Crippen molar-refractivity contribution in [3.63, 3.8) is 0 Å². The minimum absolute atomic E-state index is 0.0381. The zero-order valence-electron chi connectivity index (χ0n) is 11.5. The maximum atomic E-state index is 12.6. The van der Waals surface area contributed by atoms with Gasteiger partial charge in [-0.1, -0.05) is 17.7 Å². The molecule has 0 spiro atoms. The van der Waals surface area contributed by atoms with E-state index in [2.05, 4.69) is 21.2 Å². The Bertz CT molecular complexity index is 722. The van der Waals surface area contributed by atoms with Gasteiger partial charge in [0, 0.05) is 10.2 Å². The van der Waals surface area contributed by atoms with Crippen LogP contribution in [0.25, 0.3) is 0 Å². The van der Waals surface area contributed by atoms with Gasteiger partial charge in [0.2, 0.25) is 0 Å². The molecule has 0 aliphatic rings. The van der Waals surface area contributed by atoms with Crippen LogP contribution in [0, 0.1) is 0 Å². The zero-order valence-corrected chi connectivity index (χ0v) is 13.8. The average molecular weight is 409 g/mol. The fraction of sp³-hybridized carbons (Fsp3) is 0.133. The largest absolute Gasteiger partial charge is 0.484 e. The molecule has 3 nitrogen and oxygen atoms in total. The first-order chi connectivity index (χ1) is 10.8. The number of benzene rings is 2. The van der Waals surface area contributed by atoms with Gasteiger partial charge in [0.1, 0.15) is 5.75 Å². The molecular formula is C15H10BrClF3NO2. The molecule has 0 saturated heterocycles. The van der Waals surface area contributed by atoms with E-state index in [1.807, 2.05) is 0 Å². The van der Waals surface area contributed by atoms with E-state index in [1.165, 1.54) is 18.2 Å². The third-order valence-corrected chi connectivity index (χ3v) is 3.97. The summed E-state index contributed by atoms with van der Waals surface area (Å²) in [6, 6.07) is 9.14. The topological polar surface area (TPSA) is 38.3 Å². The van der Waals surface area contributed by atoms with Crippen LogP contribution in [0.4, 0.5) is 18.9 Å². The number of carbonyl (C=O) groups is 1. The lowest BCUT2D eigenvalue weighted by molar-refractivity contribution is -0.137. The van der Waals surface area contributed by atoms with E-state index in [0.29, 0.717) is 15.2 Å². The molecule has 1 N–H and O–H groups in total. The predicted molar refractivity (Wildman–Crippen MR) is 84.7 cm³/mol. The van der Waals surface area contributed by atoms with E-state index in [9.17, 15) is 18.0 Å². The number of nitrogens with one attached hydrogen (secondary N) is 1. The lowest BCUT2D eigenvalue weighted by Gasteiger charge is -2.10. The van der Waals surface area contributed by atoms with Crippen molar-refractivity contribution in [3.05, 3.63) is 57.5 Å². The first kappa shape index (κ1) is 17.6. The molecule has 0 bridgehead atoms. The second-order valence-corrected chi connectivity index (χ2v) is 5.75. The Kier molecular flexibility index (Phi) is 5.54. The molecule has 23 heavy (non-hydrogen) atoms. The molecule has 2 aromatic carbocycles. The van der Waals surface area contributed by atoms with Gasteiger partial charge in [0.15, 0.2) is 6.61 Å². The van der Waals surface area contributed by atoms with Crippen molar-refractivity contribution in [1.82, 2.24) is 0 Å². The van der Waals surface area contributed by atoms with Gasteiger partial charge in [-0.3, -0.25) is 4.79 Å². The summed E-state index contributed by atoms with van der Waals surface area (Å²) in [6.45, 7) is -0.422. The highest BCUT2D eigenvalue weighted by Gasteiger charge is 2.30. The average Bonchev–Trinajstić information content (AvgIpc) is 2.48. The van der Waals surface area contributed by atoms with E-state index in [4.69, 9.17) is 16.3 Å². The number of rotatable bonds is 4. The van der Waals surface area contributed by atoms with Crippen LogP contribution in [0.5, 0.6) is 5.75 Å². The van der Waals surface area contributed by atoms with E-state index in [0.717, 1.165) is 12.1 Å². The van der Waals surface area contributed by atoms with Crippen LogP contribution in [0.15, 0.2) is 46.9 Å². The summed E-state index contributed by atoms with van der Waals surface area (Å²) in [5.74, 6) is -0.551. The summed E-state index contributed by atoms with van der Waals surface area (Å²) < 4.78 is 43.5. The van der Waals surface area contributed by atoms with Gasteiger partial charge in [-0.05, 0) is 52.3 Å². The van der Waals surface area contributed by atoms with Crippen LogP contribution in [0.2, 0.25) is 5.02 Å². The summed E-state index contributed by atoms with van der Waals surface area (Å²) in [6.07, 6.45) is -4.46. The predicted octanol–water partition coefficient (Wildman–Crippen LogP) is 5.14. The van der Waals surface area contributed by atoms with Crippen LogP contribution in [-0.4, -0.2) is 12.5 Å². The standard InChI is InChI=1S/C15H10BrClF3NO2/c16-12-5-4-10(7-13(12)17)21-14(22)8-23-11-3-1-2-9(6-11)15(18,19)20/h1-7H,8H2,(H,21,22). The molecule has 0 aromatic heterocycles. The molecule has 0 atom stereocenters. The molecule has 2 aromatic rings. The number of hydrogen-bond donors (Lipinski definition) is 1. The molecule has 0 fully saturated rings. The molecule has 0 radical (unpaired) electrons. The van der Waals surface area contributed by atoms with Crippen molar-refractivity contribution in [1.29, 1.82) is 0 Å². The van der Waals surface area contributed by atoms with Crippen molar-refractivity contribution in [2.24, 2.45) is 0 Å². The maximum Gasteiger partial charge on any atom is 0.416 e. The van der Waals surface area contributed by atoms with Crippen molar-refractivity contribution >= 4 is 39.1 Å². The van der Waals surface area contributed by atoms with Crippen molar-refractivity contribution in [2.45, 2.75) is 6.18 Å². The molecule has 0 aliphatic heterocycles. The van der Waals surface area contributed by atoms with Crippen molar-refractivity contribution < 1.29 is 22.7 Å². The van der Waals surface area contributed by atoms with Gasteiger partial charge in [-0.2, -0.15) is 13.2 Å². The van der Waals surface area contributed by atoms with Crippen LogP contribution in [-0.2, 0) is 11.0 Å². The summed E-state index contributed by atoms with van der Waals surface area (Å²) in [5.41, 5.74) is -0.383. The summed E-state index contributed by atoms with van der Waals surface area (Å²) in [7, 11) is 0. The Morgan fingerprint density at radius 1 is 1.22 bits per heavy atom. The van der Waals surface area contributed by atoms with Crippen molar-refractivity contribution in [2.75, 3.05) is 11.9 Å². The summed E-state index contributed by atoms with van der Waals surface area (Å²) in [4.78, 5) is 11.8. The number of alkyl halides is 3. The first-order valence-electron chi connectivity index (χ1n) is 6.30. The fourth-order valence-electron chi connectivity index (χ4n) is 1.68. The van der Waals surface area contributed by atoms with Gasteiger partial charge in [-0.25, -0.2) is 0 Å². The number of ether oxygens (including phenoxy) is 1. The lowest BCUT2D eigenvalue weighted by atomic mass is 10.2. The highest BCUT2D eigenvalue weighted by molar-refractivity contribution is 9.10. The maximum absolute atomic E-state index is 12.6. The number of hydrogen-bond acceptors (Lipinski definition) is 2. The zero-order chi connectivity index (χ0) is 17.0. The van der Waals surface area contributed by atoms with Crippen LogP contribution in [0.3, 0.4) is 0 Å². The Labute approximate surface area is 143 Å². The van der Waals surface area contributed by atoms with E-state index < -0.39 is 24.3 Å². The normalized spacial score (nSPS) is 11.2. The third kappa shape index (κ3) is 5.14. The minimum Gasteiger partial charge on any atom is -0.484 e. The molecule has 1 amide bonds. The van der Waals surface area contributed by atoms with Gasteiger partial charge in [0.25, 0.3) is 5.91 Å². The Hall–Kier alpha value is -1.73. The Morgan fingerprint density at radius 2 is 1.96 bits per heavy atom. The second kappa shape index (κ2) is 7.23.